The molecule has 0 aliphatic heterocycles. The fraction of sp³-hybridized carbons (Fsp3) is 0.389. The molecule has 0 atom stereocenters. The first-order valence-electron chi connectivity index (χ1n) is 7.94. The zero-order valence-electron chi connectivity index (χ0n) is 14.4. The van der Waals surface area contributed by atoms with Crippen LogP contribution in [-0.2, 0) is 27.5 Å². The Bertz CT molecular complexity index is 654. The standard InChI is InChI=1S/C9H10O4.C9H12O3/c1-2-9(11)12-6-8-4-3-7(5-10)13-8;1-2-5-11-7-9-4-3-8(6-10)12-9/h3-5H,2,6H2,1H3;3-4,6H,2,5,7H2,1H3. The Hall–Kier alpha value is -2.67. The number of ether oxygens (including phenoxy) is 2. The van der Waals surface area contributed by atoms with Crippen molar-refractivity contribution in [2.45, 2.75) is 39.9 Å². The molecule has 0 spiro atoms. The molecule has 25 heavy (non-hydrogen) atoms. The molecule has 2 rings (SSSR count). The van der Waals surface area contributed by atoms with E-state index in [4.69, 9.17) is 18.3 Å². The van der Waals surface area contributed by atoms with Crippen molar-refractivity contribution >= 4 is 18.5 Å². The summed E-state index contributed by atoms with van der Waals surface area (Å²) in [4.78, 5) is 31.2. The number of aldehydes is 2. The Balaban J connectivity index is 0.000000251. The van der Waals surface area contributed by atoms with Gasteiger partial charge in [-0.15, -0.1) is 0 Å². The molecular weight excluding hydrogens is 328 g/mol. The monoisotopic (exact) mass is 350 g/mol. The van der Waals surface area contributed by atoms with Crippen LogP contribution >= 0.6 is 0 Å². The van der Waals surface area contributed by atoms with E-state index in [0.29, 0.717) is 42.9 Å². The van der Waals surface area contributed by atoms with E-state index in [2.05, 4.69) is 0 Å². The Kier molecular flexibility index (Phi) is 9.62. The van der Waals surface area contributed by atoms with E-state index in [1.54, 1.807) is 25.1 Å². The average Bonchev–Trinajstić information content (AvgIpc) is 3.29. The van der Waals surface area contributed by atoms with Gasteiger partial charge in [0.2, 0.25) is 0 Å². The van der Waals surface area contributed by atoms with E-state index in [0.717, 1.165) is 13.0 Å². The van der Waals surface area contributed by atoms with Crippen molar-refractivity contribution < 1.29 is 32.7 Å². The van der Waals surface area contributed by atoms with Crippen LogP contribution in [0.3, 0.4) is 0 Å². The van der Waals surface area contributed by atoms with Gasteiger partial charge in [-0.05, 0) is 30.7 Å². The van der Waals surface area contributed by atoms with Crippen molar-refractivity contribution in [2.75, 3.05) is 6.61 Å². The van der Waals surface area contributed by atoms with Crippen molar-refractivity contribution in [3.63, 3.8) is 0 Å². The van der Waals surface area contributed by atoms with Crippen LogP contribution in [0, 0.1) is 0 Å². The third kappa shape index (κ3) is 8.12. The Morgan fingerprint density at radius 2 is 1.52 bits per heavy atom. The lowest BCUT2D eigenvalue weighted by atomic mass is 10.4. The van der Waals surface area contributed by atoms with Crippen molar-refractivity contribution in [1.82, 2.24) is 0 Å². The molecule has 0 N–H and O–H groups in total. The van der Waals surface area contributed by atoms with Crippen LogP contribution in [0.4, 0.5) is 0 Å². The van der Waals surface area contributed by atoms with Gasteiger partial charge in [0.15, 0.2) is 24.1 Å². The summed E-state index contributed by atoms with van der Waals surface area (Å²) in [6.07, 6.45) is 2.61. The van der Waals surface area contributed by atoms with Gasteiger partial charge in [0, 0.05) is 13.0 Å². The summed E-state index contributed by atoms with van der Waals surface area (Å²) in [5.41, 5.74) is 0. The van der Waals surface area contributed by atoms with Crippen molar-refractivity contribution in [3.05, 3.63) is 47.3 Å². The predicted molar refractivity (Wildman–Crippen MR) is 88.2 cm³/mol. The van der Waals surface area contributed by atoms with Gasteiger partial charge in [0.05, 0.1) is 0 Å². The fourth-order valence-electron chi connectivity index (χ4n) is 1.64. The average molecular weight is 350 g/mol. The summed E-state index contributed by atoms with van der Waals surface area (Å²) in [6.45, 7) is 5.00. The number of carbonyl (C=O) groups excluding carboxylic acids is 3. The van der Waals surface area contributed by atoms with Crippen LogP contribution in [0.1, 0.15) is 59.3 Å². The van der Waals surface area contributed by atoms with E-state index in [-0.39, 0.29) is 18.3 Å². The van der Waals surface area contributed by atoms with Crippen molar-refractivity contribution in [1.29, 1.82) is 0 Å². The molecule has 0 saturated heterocycles. The van der Waals surface area contributed by atoms with Gasteiger partial charge >= 0.3 is 5.97 Å². The molecule has 0 aliphatic rings. The lowest BCUT2D eigenvalue weighted by molar-refractivity contribution is -0.145. The number of carbonyl (C=O) groups is 3. The van der Waals surface area contributed by atoms with Crippen LogP contribution in [0.2, 0.25) is 0 Å². The summed E-state index contributed by atoms with van der Waals surface area (Å²) in [5.74, 6) is 1.48. The molecule has 0 aromatic carbocycles. The Morgan fingerprint density at radius 3 is 1.96 bits per heavy atom. The van der Waals surface area contributed by atoms with E-state index < -0.39 is 0 Å². The molecule has 0 unspecified atom stereocenters. The minimum absolute atomic E-state index is 0.0838. The zero-order chi connectivity index (χ0) is 18.5. The van der Waals surface area contributed by atoms with Gasteiger partial charge in [0.1, 0.15) is 24.7 Å². The van der Waals surface area contributed by atoms with Gasteiger partial charge in [-0.1, -0.05) is 13.8 Å². The number of rotatable bonds is 9. The highest BCUT2D eigenvalue weighted by Gasteiger charge is 2.03. The zero-order valence-corrected chi connectivity index (χ0v) is 14.4. The minimum Gasteiger partial charge on any atom is -0.457 e. The normalized spacial score (nSPS) is 9.84. The third-order valence-electron chi connectivity index (χ3n) is 2.85. The molecule has 0 radical (unpaired) electrons. The SMILES string of the molecule is CCC(=O)OCc1ccc(C=O)o1.CCCOCc1ccc(C=O)o1. The van der Waals surface area contributed by atoms with Crippen LogP contribution in [-0.4, -0.2) is 25.1 Å². The van der Waals surface area contributed by atoms with E-state index in [1.165, 1.54) is 6.07 Å². The number of esters is 1. The first-order chi connectivity index (χ1) is 12.1. The Morgan fingerprint density at radius 1 is 0.960 bits per heavy atom. The third-order valence-corrected chi connectivity index (χ3v) is 2.85. The van der Waals surface area contributed by atoms with Crippen LogP contribution < -0.4 is 0 Å². The summed E-state index contributed by atoms with van der Waals surface area (Å²) in [5, 5.41) is 0. The lowest BCUT2D eigenvalue weighted by Gasteiger charge is -1.98. The van der Waals surface area contributed by atoms with E-state index >= 15 is 0 Å². The number of hydrogen-bond acceptors (Lipinski definition) is 7. The Labute approximate surface area is 145 Å². The van der Waals surface area contributed by atoms with E-state index in [1.807, 2.05) is 6.92 Å². The van der Waals surface area contributed by atoms with Crippen molar-refractivity contribution in [2.24, 2.45) is 0 Å². The van der Waals surface area contributed by atoms with Gasteiger partial charge in [0.25, 0.3) is 0 Å². The van der Waals surface area contributed by atoms with Crippen LogP contribution in [0.25, 0.3) is 0 Å². The molecule has 2 aromatic heterocycles. The molecule has 136 valence electrons. The van der Waals surface area contributed by atoms with Crippen LogP contribution in [0.5, 0.6) is 0 Å². The maximum Gasteiger partial charge on any atom is 0.305 e. The van der Waals surface area contributed by atoms with Crippen molar-refractivity contribution in [3.8, 4) is 0 Å². The summed E-state index contributed by atoms with van der Waals surface area (Å²) in [6, 6.07) is 6.52. The highest BCUT2D eigenvalue weighted by atomic mass is 16.5. The fourth-order valence-corrected chi connectivity index (χ4v) is 1.64. The maximum atomic E-state index is 10.7. The van der Waals surface area contributed by atoms with Gasteiger partial charge in [-0.2, -0.15) is 0 Å². The molecule has 0 fully saturated rings. The summed E-state index contributed by atoms with van der Waals surface area (Å²) in [7, 11) is 0. The summed E-state index contributed by atoms with van der Waals surface area (Å²) < 4.78 is 20.1. The minimum atomic E-state index is -0.288. The smallest absolute Gasteiger partial charge is 0.305 e. The first kappa shape index (κ1) is 20.4. The second kappa shape index (κ2) is 11.8. The number of hydrogen-bond donors (Lipinski definition) is 0. The van der Waals surface area contributed by atoms with E-state index in [9.17, 15) is 14.4 Å². The van der Waals surface area contributed by atoms with Gasteiger partial charge in [-0.25, -0.2) is 0 Å². The summed E-state index contributed by atoms with van der Waals surface area (Å²) >= 11 is 0. The number of furan rings is 2. The van der Waals surface area contributed by atoms with Gasteiger partial charge in [-0.3, -0.25) is 14.4 Å². The molecule has 0 amide bonds. The quantitative estimate of drug-likeness (QED) is 0.387. The molecule has 2 aromatic rings. The first-order valence-corrected chi connectivity index (χ1v) is 7.94. The topological polar surface area (TPSA) is 96.0 Å². The maximum absolute atomic E-state index is 10.7. The largest absolute Gasteiger partial charge is 0.457 e. The second-order valence-electron chi connectivity index (χ2n) is 4.91. The predicted octanol–water partition coefficient (Wildman–Crippen LogP) is 3.56. The highest BCUT2D eigenvalue weighted by molar-refractivity contribution is 5.71. The van der Waals surface area contributed by atoms with Crippen LogP contribution in [0.15, 0.2) is 33.1 Å². The molecule has 0 aliphatic carbocycles. The second-order valence-corrected chi connectivity index (χ2v) is 4.91. The molecule has 2 heterocycles. The molecule has 7 nitrogen and oxygen atoms in total. The lowest BCUT2D eigenvalue weighted by Crippen LogP contribution is -2.01. The van der Waals surface area contributed by atoms with Gasteiger partial charge < -0.3 is 18.3 Å². The molecule has 7 heteroatoms. The molecular formula is C18H22O7. The molecule has 0 saturated carbocycles. The molecule has 0 bridgehead atoms. The highest BCUT2D eigenvalue weighted by Crippen LogP contribution is 2.07.